The van der Waals surface area contributed by atoms with Crippen LogP contribution in [0.25, 0.3) is 0 Å². The van der Waals surface area contributed by atoms with Crippen LogP contribution in [0.1, 0.15) is 6.42 Å². The molecule has 0 bridgehead atoms. The number of hydrogen-bond acceptors (Lipinski definition) is 4. The van der Waals surface area contributed by atoms with E-state index in [1.54, 1.807) is 42.5 Å². The molecular weight excluding hydrogens is 471 g/mol. The molecule has 0 radical (unpaired) electrons. The first kappa shape index (κ1) is 20.6. The molecule has 2 aromatic rings. The van der Waals surface area contributed by atoms with E-state index in [4.69, 9.17) is 27.9 Å². The molecule has 28 heavy (non-hydrogen) atoms. The van der Waals surface area contributed by atoms with E-state index < -0.39 is 24.4 Å². The zero-order valence-corrected chi connectivity index (χ0v) is 17.6. The number of rotatable bonds is 5. The Hall–Kier alpha value is -2.09. The van der Waals surface area contributed by atoms with Gasteiger partial charge in [0, 0.05) is 23.1 Å². The monoisotopic (exact) mass is 484 g/mol. The molecule has 146 valence electrons. The van der Waals surface area contributed by atoms with Crippen LogP contribution in [0.5, 0.6) is 0 Å². The topological polar surface area (TPSA) is 75.7 Å². The second-order valence-corrected chi connectivity index (χ2v) is 7.81. The molecule has 1 heterocycles. The van der Waals surface area contributed by atoms with Crippen LogP contribution in [-0.2, 0) is 19.1 Å². The molecule has 1 N–H and O–H groups in total. The third-order valence-corrected chi connectivity index (χ3v) is 5.70. The van der Waals surface area contributed by atoms with E-state index in [0.29, 0.717) is 25.9 Å². The van der Waals surface area contributed by atoms with Gasteiger partial charge in [0.1, 0.15) is 0 Å². The maximum absolute atomic E-state index is 12.3. The summed E-state index contributed by atoms with van der Waals surface area (Å²) in [5, 5.41) is 3.46. The van der Waals surface area contributed by atoms with Crippen LogP contribution in [0.15, 0.2) is 46.9 Å². The minimum absolute atomic E-state index is 0.00793. The SMILES string of the molecule is O=C(COC(=O)[C@H]1CC(=O)N(c2ccccc2Cl)C1)Nc1ccc(Br)c(Cl)c1. The molecule has 0 unspecified atom stereocenters. The molecule has 1 saturated heterocycles. The van der Waals surface area contributed by atoms with Crippen LogP contribution in [0.2, 0.25) is 10.0 Å². The van der Waals surface area contributed by atoms with E-state index in [1.165, 1.54) is 4.90 Å². The molecule has 6 nitrogen and oxygen atoms in total. The molecule has 2 aromatic carbocycles. The Morgan fingerprint density at radius 1 is 1.18 bits per heavy atom. The molecule has 2 amide bonds. The summed E-state index contributed by atoms with van der Waals surface area (Å²) in [5.74, 6) is -1.98. The van der Waals surface area contributed by atoms with Crippen molar-refractivity contribution >= 4 is 68.3 Å². The summed E-state index contributed by atoms with van der Waals surface area (Å²) in [6.45, 7) is -0.297. The summed E-state index contributed by atoms with van der Waals surface area (Å²) < 4.78 is 5.77. The van der Waals surface area contributed by atoms with Gasteiger partial charge in [-0.1, -0.05) is 35.3 Å². The molecule has 3 rings (SSSR count). The van der Waals surface area contributed by atoms with Gasteiger partial charge in [0.05, 0.1) is 21.7 Å². The van der Waals surface area contributed by atoms with Gasteiger partial charge in [-0.2, -0.15) is 0 Å². The molecular formula is C19H15BrCl2N2O4. The fourth-order valence-corrected chi connectivity index (χ4v) is 3.46. The lowest BCUT2D eigenvalue weighted by Crippen LogP contribution is -2.28. The fraction of sp³-hybridized carbons (Fsp3) is 0.211. The van der Waals surface area contributed by atoms with Crippen LogP contribution in [0.4, 0.5) is 11.4 Å². The highest BCUT2D eigenvalue weighted by atomic mass is 79.9. The Kier molecular flexibility index (Phi) is 6.59. The second-order valence-electron chi connectivity index (χ2n) is 6.14. The molecule has 1 atom stereocenters. The summed E-state index contributed by atoms with van der Waals surface area (Å²) >= 11 is 15.4. The van der Waals surface area contributed by atoms with Crippen LogP contribution in [-0.4, -0.2) is 30.9 Å². The molecule has 1 aliphatic heterocycles. The van der Waals surface area contributed by atoms with E-state index in [1.807, 2.05) is 0 Å². The maximum Gasteiger partial charge on any atom is 0.311 e. The summed E-state index contributed by atoms with van der Waals surface area (Å²) in [6, 6.07) is 11.8. The van der Waals surface area contributed by atoms with Crippen LogP contribution in [0.3, 0.4) is 0 Å². The van der Waals surface area contributed by atoms with Crippen LogP contribution in [0, 0.1) is 5.92 Å². The quantitative estimate of drug-likeness (QED) is 0.641. The van der Waals surface area contributed by atoms with Gasteiger partial charge in [0.25, 0.3) is 5.91 Å². The number of nitrogens with zero attached hydrogens (tertiary/aromatic N) is 1. The number of carbonyl (C=O) groups is 3. The number of esters is 1. The van der Waals surface area contributed by atoms with Gasteiger partial charge in [-0.05, 0) is 46.3 Å². The first-order chi connectivity index (χ1) is 13.3. The number of benzene rings is 2. The average molecular weight is 486 g/mol. The number of hydrogen-bond donors (Lipinski definition) is 1. The zero-order chi connectivity index (χ0) is 20.3. The Morgan fingerprint density at radius 3 is 2.64 bits per heavy atom. The first-order valence-corrected chi connectivity index (χ1v) is 9.86. The fourth-order valence-electron chi connectivity index (χ4n) is 2.79. The van der Waals surface area contributed by atoms with Crippen LogP contribution >= 0.6 is 39.1 Å². The van der Waals surface area contributed by atoms with Gasteiger partial charge in [0.2, 0.25) is 5.91 Å². The Labute approximate surface area is 179 Å². The summed E-state index contributed by atoms with van der Waals surface area (Å²) in [4.78, 5) is 38.0. The van der Waals surface area contributed by atoms with Crippen molar-refractivity contribution in [3.63, 3.8) is 0 Å². The van der Waals surface area contributed by atoms with Gasteiger partial charge < -0.3 is 15.0 Å². The second kappa shape index (κ2) is 8.94. The normalized spacial score (nSPS) is 16.2. The Morgan fingerprint density at radius 2 is 1.93 bits per heavy atom. The van der Waals surface area contributed by atoms with Crippen LogP contribution < -0.4 is 10.2 Å². The van der Waals surface area contributed by atoms with Gasteiger partial charge in [-0.15, -0.1) is 0 Å². The van der Waals surface area contributed by atoms with Gasteiger partial charge in [-0.3, -0.25) is 14.4 Å². The number of nitrogens with one attached hydrogen (secondary N) is 1. The highest BCUT2D eigenvalue weighted by Crippen LogP contribution is 2.31. The molecule has 0 spiro atoms. The van der Waals surface area contributed by atoms with E-state index >= 15 is 0 Å². The summed E-state index contributed by atoms with van der Waals surface area (Å²) in [5.41, 5.74) is 1.03. The minimum atomic E-state index is -0.654. The van der Waals surface area contributed by atoms with E-state index in [2.05, 4.69) is 21.2 Å². The van der Waals surface area contributed by atoms with E-state index in [0.717, 1.165) is 0 Å². The molecule has 9 heteroatoms. The number of para-hydroxylation sites is 1. The molecule has 0 aliphatic carbocycles. The Bertz CT molecular complexity index is 938. The van der Waals surface area contributed by atoms with Crippen molar-refractivity contribution in [3.05, 3.63) is 57.0 Å². The third kappa shape index (κ3) is 4.84. The molecule has 0 saturated carbocycles. The molecule has 1 aliphatic rings. The summed E-state index contributed by atoms with van der Waals surface area (Å²) in [7, 11) is 0. The molecule has 0 aromatic heterocycles. The Balaban J connectivity index is 1.54. The first-order valence-electron chi connectivity index (χ1n) is 8.31. The largest absolute Gasteiger partial charge is 0.455 e. The van der Waals surface area contributed by atoms with Crippen molar-refractivity contribution in [3.8, 4) is 0 Å². The average Bonchev–Trinajstić information content (AvgIpc) is 3.05. The minimum Gasteiger partial charge on any atom is -0.455 e. The van der Waals surface area contributed by atoms with Crippen molar-refractivity contribution in [1.82, 2.24) is 0 Å². The highest BCUT2D eigenvalue weighted by Gasteiger charge is 2.37. The lowest BCUT2D eigenvalue weighted by Gasteiger charge is -2.17. The van der Waals surface area contributed by atoms with Crippen molar-refractivity contribution in [1.29, 1.82) is 0 Å². The van der Waals surface area contributed by atoms with Gasteiger partial charge in [-0.25, -0.2) is 0 Å². The lowest BCUT2D eigenvalue weighted by atomic mass is 10.1. The van der Waals surface area contributed by atoms with Crippen molar-refractivity contribution in [2.24, 2.45) is 5.92 Å². The number of anilines is 2. The van der Waals surface area contributed by atoms with Gasteiger partial charge >= 0.3 is 5.97 Å². The standard InChI is InChI=1S/C19H15BrCl2N2O4/c20-13-6-5-12(8-15(13)22)23-17(25)10-28-19(27)11-7-18(26)24(9-11)16-4-2-1-3-14(16)21/h1-6,8,11H,7,9-10H2,(H,23,25)/t11-/m0/s1. The zero-order valence-electron chi connectivity index (χ0n) is 14.5. The predicted octanol–water partition coefficient (Wildman–Crippen LogP) is 4.29. The third-order valence-electron chi connectivity index (χ3n) is 4.15. The number of amides is 2. The maximum atomic E-state index is 12.3. The van der Waals surface area contributed by atoms with E-state index in [-0.39, 0.29) is 18.9 Å². The smallest absolute Gasteiger partial charge is 0.311 e. The number of ether oxygens (including phenoxy) is 1. The predicted molar refractivity (Wildman–Crippen MR) is 111 cm³/mol. The number of halogens is 3. The van der Waals surface area contributed by atoms with Crippen molar-refractivity contribution in [2.45, 2.75) is 6.42 Å². The lowest BCUT2D eigenvalue weighted by molar-refractivity contribution is -0.151. The summed E-state index contributed by atoms with van der Waals surface area (Å²) in [6.07, 6.45) is 0.00793. The number of carbonyl (C=O) groups excluding carboxylic acids is 3. The van der Waals surface area contributed by atoms with Gasteiger partial charge in [0.15, 0.2) is 6.61 Å². The van der Waals surface area contributed by atoms with E-state index in [9.17, 15) is 14.4 Å². The van der Waals surface area contributed by atoms with Crippen molar-refractivity contribution < 1.29 is 19.1 Å². The molecule has 1 fully saturated rings. The highest BCUT2D eigenvalue weighted by molar-refractivity contribution is 9.10. The van der Waals surface area contributed by atoms with Crippen molar-refractivity contribution in [2.75, 3.05) is 23.4 Å².